The zero-order valence-corrected chi connectivity index (χ0v) is 18.0. The lowest BCUT2D eigenvalue weighted by molar-refractivity contribution is 0.199. The molecule has 30 heavy (non-hydrogen) atoms. The van der Waals surface area contributed by atoms with E-state index in [2.05, 4.69) is 25.8 Å². The lowest BCUT2D eigenvalue weighted by Crippen LogP contribution is -2.57. The molecule has 3 rings (SSSR count). The summed E-state index contributed by atoms with van der Waals surface area (Å²) in [5, 5.41) is 21.3. The first kappa shape index (κ1) is 22.0. The molecule has 0 saturated heterocycles. The largest absolute Gasteiger partial charge is 0.465 e. The molecule has 1 aromatic heterocycles. The number of amides is 1. The Morgan fingerprint density at radius 2 is 2.07 bits per heavy atom. The Balaban J connectivity index is 2.02. The average molecular weight is 458 g/mol. The summed E-state index contributed by atoms with van der Waals surface area (Å²) in [7, 11) is -3.87. The Labute approximate surface area is 177 Å². The smallest absolute Gasteiger partial charge is 0.410 e. The minimum atomic E-state index is -3.87. The fourth-order valence-electron chi connectivity index (χ4n) is 3.19. The van der Waals surface area contributed by atoms with Gasteiger partial charge in [0.2, 0.25) is 0 Å². The van der Waals surface area contributed by atoms with Gasteiger partial charge in [0, 0.05) is 17.4 Å². The SMILES string of the molecule is CC1(c2cc(NCc3n[nH]cc3Cl)ccc2F)CS(=O)(=O)C(C)(C)C(NC(=O)O)=N1. The maximum atomic E-state index is 14.7. The summed E-state index contributed by atoms with van der Waals surface area (Å²) in [6, 6.07) is 4.14. The fourth-order valence-corrected chi connectivity index (χ4v) is 5.06. The van der Waals surface area contributed by atoms with Gasteiger partial charge in [-0.1, -0.05) is 11.6 Å². The number of H-pyrrole nitrogens is 1. The van der Waals surface area contributed by atoms with Crippen molar-refractivity contribution in [2.75, 3.05) is 11.1 Å². The average Bonchev–Trinajstić information content (AvgIpc) is 3.03. The van der Waals surface area contributed by atoms with Gasteiger partial charge in [-0.25, -0.2) is 17.6 Å². The highest BCUT2D eigenvalue weighted by atomic mass is 35.5. The summed E-state index contributed by atoms with van der Waals surface area (Å²) in [6.45, 7) is 4.43. The van der Waals surface area contributed by atoms with E-state index < -0.39 is 37.8 Å². The van der Waals surface area contributed by atoms with Gasteiger partial charge in [0.15, 0.2) is 9.84 Å². The van der Waals surface area contributed by atoms with Crippen LogP contribution in [0.1, 0.15) is 32.0 Å². The lowest BCUT2D eigenvalue weighted by atomic mass is 9.92. The number of benzene rings is 1. The number of sulfone groups is 1. The highest BCUT2D eigenvalue weighted by Gasteiger charge is 2.50. The van der Waals surface area contributed by atoms with Gasteiger partial charge in [-0.3, -0.25) is 15.4 Å². The summed E-state index contributed by atoms with van der Waals surface area (Å²) in [5.41, 5.74) is -0.458. The molecule has 1 aliphatic rings. The molecule has 1 unspecified atom stereocenters. The van der Waals surface area contributed by atoms with Gasteiger partial charge >= 0.3 is 6.09 Å². The second kappa shape index (κ2) is 7.55. The molecule has 1 amide bonds. The number of anilines is 1. The first-order valence-electron chi connectivity index (χ1n) is 8.90. The van der Waals surface area contributed by atoms with E-state index in [1.807, 2.05) is 0 Å². The van der Waals surface area contributed by atoms with E-state index in [4.69, 9.17) is 16.7 Å². The molecule has 1 aliphatic heterocycles. The number of hydrogen-bond donors (Lipinski definition) is 4. The van der Waals surface area contributed by atoms with Crippen molar-refractivity contribution in [1.29, 1.82) is 0 Å². The van der Waals surface area contributed by atoms with Crippen molar-refractivity contribution in [2.45, 2.75) is 37.6 Å². The number of carbonyl (C=O) groups is 1. The predicted octanol–water partition coefficient (Wildman–Crippen LogP) is 2.90. The van der Waals surface area contributed by atoms with Gasteiger partial charge < -0.3 is 10.4 Å². The van der Waals surface area contributed by atoms with Crippen molar-refractivity contribution in [3.05, 3.63) is 46.5 Å². The zero-order chi connectivity index (χ0) is 22.3. The molecule has 12 heteroatoms. The second-order valence-electron chi connectivity index (χ2n) is 7.66. The van der Waals surface area contributed by atoms with Crippen molar-refractivity contribution < 1.29 is 22.7 Å². The summed E-state index contributed by atoms with van der Waals surface area (Å²) >= 11 is 5.99. The Hall–Kier alpha value is -2.66. The number of hydrogen-bond acceptors (Lipinski definition) is 6. The molecule has 2 heterocycles. The van der Waals surface area contributed by atoms with Crippen LogP contribution in [0.25, 0.3) is 0 Å². The molecule has 0 fully saturated rings. The van der Waals surface area contributed by atoms with Crippen molar-refractivity contribution in [2.24, 2.45) is 4.99 Å². The molecule has 0 saturated carbocycles. The van der Waals surface area contributed by atoms with Gasteiger partial charge in [-0.15, -0.1) is 0 Å². The number of aromatic nitrogens is 2. The third kappa shape index (κ3) is 3.99. The number of nitrogens with zero attached hydrogens (tertiary/aromatic N) is 2. The maximum absolute atomic E-state index is 14.7. The van der Waals surface area contributed by atoms with Crippen molar-refractivity contribution in [1.82, 2.24) is 15.5 Å². The standard InChI is InChI=1S/C18H21ClFN5O4S/c1-17(2)15(23-16(26)27)24-18(3,9-30(17,28)29)11-6-10(4-5-13(11)20)21-8-14-12(19)7-22-25-14/h4-7,21H,8-9H2,1-3H3,(H,22,25)(H,23,24)(H,26,27). The molecule has 0 bridgehead atoms. The normalized spacial score (nSPS) is 22.2. The second-order valence-corrected chi connectivity index (χ2v) is 10.6. The molecular formula is C18H21ClFN5O4S. The number of aromatic amines is 1. The van der Waals surface area contributed by atoms with Gasteiger partial charge in [0.1, 0.15) is 21.9 Å². The fraction of sp³-hybridized carbons (Fsp3) is 0.389. The van der Waals surface area contributed by atoms with Crippen LogP contribution in [-0.4, -0.2) is 46.2 Å². The number of amidine groups is 1. The Morgan fingerprint density at radius 3 is 2.67 bits per heavy atom. The summed E-state index contributed by atoms with van der Waals surface area (Å²) < 4.78 is 39.0. The molecule has 162 valence electrons. The summed E-state index contributed by atoms with van der Waals surface area (Å²) in [5.74, 6) is -1.40. The third-order valence-corrected chi connectivity index (χ3v) is 8.09. The van der Waals surface area contributed by atoms with Crippen LogP contribution in [0.15, 0.2) is 29.4 Å². The lowest BCUT2D eigenvalue weighted by Gasteiger charge is -2.39. The van der Waals surface area contributed by atoms with Crippen LogP contribution in [0.2, 0.25) is 5.02 Å². The Kier molecular flexibility index (Phi) is 5.54. The van der Waals surface area contributed by atoms with Gasteiger partial charge in [0.05, 0.1) is 23.0 Å². The molecular weight excluding hydrogens is 437 g/mol. The van der Waals surface area contributed by atoms with Gasteiger partial charge in [-0.05, 0) is 39.0 Å². The molecule has 0 aliphatic carbocycles. The molecule has 4 N–H and O–H groups in total. The van der Waals surface area contributed by atoms with Crippen LogP contribution in [0.3, 0.4) is 0 Å². The van der Waals surface area contributed by atoms with E-state index in [0.29, 0.717) is 16.4 Å². The van der Waals surface area contributed by atoms with E-state index in [0.717, 1.165) is 0 Å². The van der Waals surface area contributed by atoms with E-state index in [1.54, 1.807) is 0 Å². The minimum Gasteiger partial charge on any atom is -0.465 e. The van der Waals surface area contributed by atoms with E-state index in [-0.39, 0.29) is 17.9 Å². The molecule has 2 aromatic rings. The van der Waals surface area contributed by atoms with E-state index in [9.17, 15) is 17.6 Å². The van der Waals surface area contributed by atoms with E-state index in [1.165, 1.54) is 45.2 Å². The van der Waals surface area contributed by atoms with Crippen molar-refractivity contribution >= 4 is 39.1 Å². The van der Waals surface area contributed by atoms with E-state index >= 15 is 0 Å². The van der Waals surface area contributed by atoms with Crippen LogP contribution < -0.4 is 10.6 Å². The van der Waals surface area contributed by atoms with Crippen LogP contribution in [-0.2, 0) is 21.9 Å². The Morgan fingerprint density at radius 1 is 1.37 bits per heavy atom. The molecule has 9 nitrogen and oxygen atoms in total. The summed E-state index contributed by atoms with van der Waals surface area (Å²) in [4.78, 5) is 15.5. The van der Waals surface area contributed by atoms with Gasteiger partial charge in [-0.2, -0.15) is 5.10 Å². The number of nitrogens with one attached hydrogen (secondary N) is 3. The number of carboxylic acid groups (broad SMARTS) is 1. The topological polar surface area (TPSA) is 137 Å². The first-order chi connectivity index (χ1) is 13.9. The number of aliphatic imine (C=N–C) groups is 1. The Bertz CT molecular complexity index is 1130. The van der Waals surface area contributed by atoms with Gasteiger partial charge in [0.25, 0.3) is 0 Å². The van der Waals surface area contributed by atoms with Crippen LogP contribution >= 0.6 is 11.6 Å². The quantitative estimate of drug-likeness (QED) is 0.557. The molecule has 1 atom stereocenters. The number of rotatable bonds is 4. The molecule has 1 aromatic carbocycles. The zero-order valence-electron chi connectivity index (χ0n) is 16.5. The maximum Gasteiger partial charge on any atom is 0.410 e. The predicted molar refractivity (Wildman–Crippen MR) is 111 cm³/mol. The van der Waals surface area contributed by atoms with Crippen molar-refractivity contribution in [3.8, 4) is 0 Å². The van der Waals surface area contributed by atoms with Crippen LogP contribution in [0.4, 0.5) is 14.9 Å². The molecule has 0 spiro atoms. The third-order valence-electron chi connectivity index (χ3n) is 5.08. The van der Waals surface area contributed by atoms with Crippen LogP contribution in [0, 0.1) is 5.82 Å². The minimum absolute atomic E-state index is 0.0180. The highest BCUT2D eigenvalue weighted by Crippen LogP contribution is 2.39. The van der Waals surface area contributed by atoms with Crippen LogP contribution in [0.5, 0.6) is 0 Å². The molecule has 0 radical (unpaired) electrons. The number of halogens is 2. The first-order valence-corrected chi connectivity index (χ1v) is 10.9. The highest BCUT2D eigenvalue weighted by molar-refractivity contribution is 7.93. The van der Waals surface area contributed by atoms with Crippen molar-refractivity contribution in [3.63, 3.8) is 0 Å². The summed E-state index contributed by atoms with van der Waals surface area (Å²) in [6.07, 6.45) is 0.0730. The monoisotopic (exact) mass is 457 g/mol.